The second-order valence-corrected chi connectivity index (χ2v) is 6.18. The molecule has 19 heavy (non-hydrogen) atoms. The largest absolute Gasteiger partial charge is 0.360 e. The van der Waals surface area contributed by atoms with Crippen LogP contribution >= 0.6 is 11.6 Å². The number of nitrogens with one attached hydrogen (secondary N) is 1. The van der Waals surface area contributed by atoms with Crippen LogP contribution in [0.3, 0.4) is 0 Å². The Balaban J connectivity index is 2.22. The Kier molecular flexibility index (Phi) is 3.93. The van der Waals surface area contributed by atoms with Gasteiger partial charge in [0.15, 0.2) is 5.76 Å². The molecule has 0 spiro atoms. The summed E-state index contributed by atoms with van der Waals surface area (Å²) in [6.07, 6.45) is 0. The first kappa shape index (κ1) is 14.0. The quantitative estimate of drug-likeness (QED) is 0.941. The topological polar surface area (TPSA) is 72.2 Å². The Labute approximate surface area is 116 Å². The molecule has 0 aliphatic heterocycles. The molecule has 0 aliphatic rings. The van der Waals surface area contributed by atoms with Crippen LogP contribution in [0.2, 0.25) is 5.02 Å². The van der Waals surface area contributed by atoms with E-state index < -0.39 is 10.0 Å². The highest BCUT2D eigenvalue weighted by molar-refractivity contribution is 7.89. The van der Waals surface area contributed by atoms with Crippen LogP contribution in [-0.2, 0) is 16.6 Å². The van der Waals surface area contributed by atoms with Crippen molar-refractivity contribution in [2.24, 2.45) is 0 Å². The molecule has 102 valence electrons. The maximum atomic E-state index is 12.2. The summed E-state index contributed by atoms with van der Waals surface area (Å²) < 4.78 is 31.7. The fourth-order valence-corrected chi connectivity index (χ4v) is 3.28. The zero-order valence-electron chi connectivity index (χ0n) is 10.5. The van der Waals surface area contributed by atoms with Crippen LogP contribution in [0.1, 0.15) is 17.0 Å². The van der Waals surface area contributed by atoms with E-state index in [1.54, 1.807) is 38.1 Å². The van der Waals surface area contributed by atoms with Gasteiger partial charge in [0.1, 0.15) is 10.6 Å². The molecule has 2 aromatic rings. The number of nitrogens with zero attached hydrogens (tertiary/aromatic N) is 1. The average molecular weight is 301 g/mol. The van der Waals surface area contributed by atoms with E-state index in [2.05, 4.69) is 9.88 Å². The molecule has 0 unspecified atom stereocenters. The van der Waals surface area contributed by atoms with E-state index >= 15 is 0 Å². The maximum Gasteiger partial charge on any atom is 0.246 e. The highest BCUT2D eigenvalue weighted by atomic mass is 35.5. The Morgan fingerprint density at radius 2 is 2.00 bits per heavy atom. The molecule has 1 N–H and O–H groups in total. The Hall–Kier alpha value is -1.37. The number of aryl methyl sites for hydroxylation is 2. The normalized spacial score (nSPS) is 11.7. The van der Waals surface area contributed by atoms with Crippen LogP contribution in [0.25, 0.3) is 0 Å². The van der Waals surface area contributed by atoms with Gasteiger partial charge >= 0.3 is 0 Å². The minimum absolute atomic E-state index is 0.0829. The van der Waals surface area contributed by atoms with Crippen LogP contribution in [-0.4, -0.2) is 13.6 Å². The predicted octanol–water partition coefficient (Wildman–Crippen LogP) is 2.42. The molecule has 2 rings (SSSR count). The highest BCUT2D eigenvalue weighted by Crippen LogP contribution is 2.20. The summed E-state index contributed by atoms with van der Waals surface area (Å²) >= 11 is 5.97. The molecule has 0 aliphatic carbocycles. The van der Waals surface area contributed by atoms with Crippen LogP contribution in [0.4, 0.5) is 0 Å². The molecule has 0 fully saturated rings. The van der Waals surface area contributed by atoms with Crippen molar-refractivity contribution in [2.75, 3.05) is 0 Å². The lowest BCUT2D eigenvalue weighted by Gasteiger charge is -2.07. The molecule has 0 saturated heterocycles. The first-order chi connectivity index (χ1) is 8.92. The van der Waals surface area contributed by atoms with Crippen molar-refractivity contribution in [3.8, 4) is 0 Å². The van der Waals surface area contributed by atoms with Gasteiger partial charge in [-0.25, -0.2) is 13.1 Å². The van der Waals surface area contributed by atoms with Crippen molar-refractivity contribution in [3.63, 3.8) is 0 Å². The molecule has 5 nitrogen and oxygen atoms in total. The van der Waals surface area contributed by atoms with Gasteiger partial charge in [0.25, 0.3) is 0 Å². The number of hydrogen-bond donors (Lipinski definition) is 1. The summed E-state index contributed by atoms with van der Waals surface area (Å²) in [7, 11) is -3.66. The summed E-state index contributed by atoms with van der Waals surface area (Å²) in [6.45, 7) is 3.26. The van der Waals surface area contributed by atoms with Gasteiger partial charge in [-0.15, -0.1) is 0 Å². The third kappa shape index (κ3) is 2.97. The summed E-state index contributed by atoms with van der Waals surface area (Å²) in [4.78, 5) is 0.0829. The summed E-state index contributed by atoms with van der Waals surface area (Å²) in [5, 5.41) is 4.15. The first-order valence-corrected chi connectivity index (χ1v) is 7.44. The molecule has 1 heterocycles. The van der Waals surface area contributed by atoms with Gasteiger partial charge < -0.3 is 4.52 Å². The van der Waals surface area contributed by atoms with Gasteiger partial charge in [0.2, 0.25) is 10.0 Å². The monoisotopic (exact) mass is 300 g/mol. The summed E-state index contributed by atoms with van der Waals surface area (Å²) in [5.41, 5.74) is 1.05. The molecule has 0 atom stereocenters. The fourth-order valence-electron chi connectivity index (χ4n) is 1.74. The third-order valence-corrected chi connectivity index (χ3v) is 4.66. The van der Waals surface area contributed by atoms with E-state index in [0.717, 1.165) is 0 Å². The Morgan fingerprint density at radius 1 is 1.32 bits per heavy atom. The standard InChI is InChI=1S/C12H13ClN2O3S/c1-8-12(9(2)18-15-8)19(16,17)14-7-10-5-3-4-6-11(10)13/h3-6,14H,7H2,1-2H3. The second-order valence-electron chi connectivity index (χ2n) is 4.07. The van der Waals surface area contributed by atoms with Crippen molar-refractivity contribution >= 4 is 21.6 Å². The van der Waals surface area contributed by atoms with Gasteiger partial charge in [-0.05, 0) is 25.5 Å². The van der Waals surface area contributed by atoms with Gasteiger partial charge in [-0.3, -0.25) is 0 Å². The Morgan fingerprint density at radius 3 is 2.58 bits per heavy atom. The molecule has 1 aromatic heterocycles. The number of hydrogen-bond acceptors (Lipinski definition) is 4. The van der Waals surface area contributed by atoms with Crippen molar-refractivity contribution in [1.82, 2.24) is 9.88 Å². The lowest BCUT2D eigenvalue weighted by atomic mass is 10.2. The molecule has 0 radical (unpaired) electrons. The SMILES string of the molecule is Cc1noc(C)c1S(=O)(=O)NCc1ccccc1Cl. The minimum Gasteiger partial charge on any atom is -0.360 e. The smallest absolute Gasteiger partial charge is 0.246 e. The number of aromatic nitrogens is 1. The van der Waals surface area contributed by atoms with Gasteiger partial charge in [-0.1, -0.05) is 35.0 Å². The summed E-state index contributed by atoms with van der Waals surface area (Å²) in [6, 6.07) is 7.05. The van der Waals surface area contributed by atoms with E-state index in [0.29, 0.717) is 16.3 Å². The van der Waals surface area contributed by atoms with Gasteiger partial charge in [0, 0.05) is 11.6 Å². The summed E-state index contributed by atoms with van der Waals surface area (Å²) in [5.74, 6) is 0.268. The first-order valence-electron chi connectivity index (χ1n) is 5.58. The predicted molar refractivity (Wildman–Crippen MR) is 71.5 cm³/mol. The molecule has 0 bridgehead atoms. The van der Waals surface area contributed by atoms with Crippen molar-refractivity contribution in [2.45, 2.75) is 25.3 Å². The average Bonchev–Trinajstić information content (AvgIpc) is 2.69. The van der Waals surface area contributed by atoms with E-state index in [1.165, 1.54) is 0 Å². The van der Waals surface area contributed by atoms with Crippen LogP contribution < -0.4 is 4.72 Å². The van der Waals surface area contributed by atoms with Gasteiger partial charge in [0.05, 0.1) is 0 Å². The molecular weight excluding hydrogens is 288 g/mol. The lowest BCUT2D eigenvalue weighted by Crippen LogP contribution is -2.24. The zero-order valence-corrected chi connectivity index (χ0v) is 12.0. The highest BCUT2D eigenvalue weighted by Gasteiger charge is 2.23. The molecule has 7 heteroatoms. The van der Waals surface area contributed by atoms with E-state index in [-0.39, 0.29) is 17.2 Å². The number of sulfonamides is 1. The number of halogens is 1. The lowest BCUT2D eigenvalue weighted by molar-refractivity contribution is 0.390. The Bertz CT molecular complexity index is 675. The van der Waals surface area contributed by atoms with Crippen molar-refractivity contribution in [1.29, 1.82) is 0 Å². The van der Waals surface area contributed by atoms with E-state index in [9.17, 15) is 8.42 Å². The van der Waals surface area contributed by atoms with E-state index in [4.69, 9.17) is 16.1 Å². The number of benzene rings is 1. The molecular formula is C12H13ClN2O3S. The molecule has 0 saturated carbocycles. The van der Waals surface area contributed by atoms with Crippen molar-refractivity contribution < 1.29 is 12.9 Å². The van der Waals surface area contributed by atoms with E-state index in [1.807, 2.05) is 0 Å². The fraction of sp³-hybridized carbons (Fsp3) is 0.250. The van der Waals surface area contributed by atoms with Crippen molar-refractivity contribution in [3.05, 3.63) is 46.3 Å². The molecule has 1 aromatic carbocycles. The third-order valence-electron chi connectivity index (χ3n) is 2.65. The van der Waals surface area contributed by atoms with Crippen LogP contribution in [0, 0.1) is 13.8 Å². The number of rotatable bonds is 4. The van der Waals surface area contributed by atoms with Crippen LogP contribution in [0.5, 0.6) is 0 Å². The minimum atomic E-state index is -3.66. The van der Waals surface area contributed by atoms with Gasteiger partial charge in [-0.2, -0.15) is 0 Å². The zero-order chi connectivity index (χ0) is 14.0. The van der Waals surface area contributed by atoms with Crippen LogP contribution in [0.15, 0.2) is 33.7 Å². The second kappa shape index (κ2) is 5.32. The maximum absolute atomic E-state index is 12.2. The molecule has 0 amide bonds.